The van der Waals surface area contributed by atoms with E-state index >= 15 is 0 Å². The molecule has 1 spiro atoms. The average molecular weight is 441 g/mol. The Morgan fingerprint density at radius 2 is 1.94 bits per heavy atom. The number of hydrogen-bond acceptors (Lipinski definition) is 5. The Hall–Kier alpha value is -2.74. The van der Waals surface area contributed by atoms with Crippen molar-refractivity contribution in [1.82, 2.24) is 15.2 Å². The van der Waals surface area contributed by atoms with Crippen LogP contribution in [0.3, 0.4) is 0 Å². The highest BCUT2D eigenvalue weighted by Gasteiger charge is 2.51. The fraction of sp³-hybridized carbons (Fsp3) is 0.478. The van der Waals surface area contributed by atoms with E-state index in [1.807, 2.05) is 17.5 Å². The van der Waals surface area contributed by atoms with E-state index in [0.717, 1.165) is 41.8 Å². The van der Waals surface area contributed by atoms with E-state index in [9.17, 15) is 14.4 Å². The fourth-order valence-electron chi connectivity index (χ4n) is 4.30. The lowest BCUT2D eigenvalue weighted by Crippen LogP contribution is -2.48. The number of nitrogens with zero attached hydrogens (tertiary/aromatic N) is 2. The molecule has 0 unspecified atom stereocenters. The first kappa shape index (κ1) is 21.5. The Kier molecular flexibility index (Phi) is 6.36. The lowest BCUT2D eigenvalue weighted by Gasteiger charge is -2.30. The second-order valence-corrected chi connectivity index (χ2v) is 9.21. The molecular weight excluding hydrogens is 412 g/mol. The van der Waals surface area contributed by atoms with Crippen LogP contribution < -0.4 is 10.6 Å². The molecule has 2 aliphatic rings. The monoisotopic (exact) mass is 440 g/mol. The molecule has 0 bridgehead atoms. The number of benzene rings is 1. The summed E-state index contributed by atoms with van der Waals surface area (Å²) in [4.78, 5) is 43.2. The van der Waals surface area contributed by atoms with E-state index in [1.165, 1.54) is 29.7 Å². The van der Waals surface area contributed by atoms with Crippen LogP contribution in [-0.4, -0.2) is 39.8 Å². The van der Waals surface area contributed by atoms with Gasteiger partial charge in [-0.05, 0) is 31.2 Å². The number of aromatic nitrogens is 1. The van der Waals surface area contributed by atoms with E-state index in [2.05, 4.69) is 34.7 Å². The second-order valence-electron chi connectivity index (χ2n) is 8.35. The van der Waals surface area contributed by atoms with Gasteiger partial charge >= 0.3 is 6.03 Å². The van der Waals surface area contributed by atoms with Crippen molar-refractivity contribution in [3.63, 3.8) is 0 Å². The summed E-state index contributed by atoms with van der Waals surface area (Å²) in [7, 11) is 0. The average Bonchev–Trinajstić information content (AvgIpc) is 3.32. The van der Waals surface area contributed by atoms with Crippen LogP contribution in [0.25, 0.3) is 11.3 Å². The Morgan fingerprint density at radius 1 is 1.19 bits per heavy atom. The molecule has 2 aromatic rings. The molecule has 31 heavy (non-hydrogen) atoms. The van der Waals surface area contributed by atoms with Gasteiger partial charge in [-0.25, -0.2) is 9.78 Å². The zero-order valence-electron chi connectivity index (χ0n) is 17.8. The minimum atomic E-state index is -0.812. The van der Waals surface area contributed by atoms with Crippen LogP contribution in [0, 0.1) is 0 Å². The van der Waals surface area contributed by atoms with Crippen LogP contribution >= 0.6 is 11.3 Å². The smallest absolute Gasteiger partial charge is 0.323 e. The SMILES string of the molecule is CCCCc1ccc(-c2csc(NC(=O)CN3C(=O)NC4(CCCCC4)C3=O)n2)cc1. The summed E-state index contributed by atoms with van der Waals surface area (Å²) in [6.45, 7) is 1.88. The molecule has 2 fully saturated rings. The number of nitrogens with one attached hydrogen (secondary N) is 2. The molecule has 0 radical (unpaired) electrons. The highest BCUT2D eigenvalue weighted by molar-refractivity contribution is 7.14. The van der Waals surface area contributed by atoms with Crippen LogP contribution in [0.2, 0.25) is 0 Å². The summed E-state index contributed by atoms with van der Waals surface area (Å²) in [5, 5.41) is 7.89. The largest absolute Gasteiger partial charge is 0.325 e. The van der Waals surface area contributed by atoms with Crippen LogP contribution in [0.5, 0.6) is 0 Å². The quantitative estimate of drug-likeness (QED) is 0.627. The molecule has 7 nitrogen and oxygen atoms in total. The van der Waals surface area contributed by atoms with Gasteiger partial charge in [0.1, 0.15) is 12.1 Å². The van der Waals surface area contributed by atoms with E-state index in [1.54, 1.807) is 0 Å². The van der Waals surface area contributed by atoms with Gasteiger partial charge in [-0.1, -0.05) is 56.9 Å². The third-order valence-electron chi connectivity index (χ3n) is 6.07. The molecule has 1 aliphatic heterocycles. The first-order chi connectivity index (χ1) is 15.0. The van der Waals surface area contributed by atoms with Crippen molar-refractivity contribution < 1.29 is 14.4 Å². The van der Waals surface area contributed by atoms with Gasteiger partial charge in [-0.3, -0.25) is 14.5 Å². The maximum Gasteiger partial charge on any atom is 0.325 e. The summed E-state index contributed by atoms with van der Waals surface area (Å²) < 4.78 is 0. The second kappa shape index (κ2) is 9.18. The number of anilines is 1. The Morgan fingerprint density at radius 3 is 2.65 bits per heavy atom. The maximum absolute atomic E-state index is 12.8. The molecular formula is C23H28N4O3S. The summed E-state index contributed by atoms with van der Waals surface area (Å²) in [5.41, 5.74) is 2.27. The molecule has 2 N–H and O–H groups in total. The Labute approximate surface area is 186 Å². The standard InChI is InChI=1S/C23H28N4O3S/c1-2-3-7-16-8-10-17(11-9-16)18-15-31-21(24-18)25-19(28)14-27-20(29)23(26-22(27)30)12-5-4-6-13-23/h8-11,15H,2-7,12-14H2,1H3,(H,26,30)(H,24,25,28). The van der Waals surface area contributed by atoms with Crippen molar-refractivity contribution >= 4 is 34.3 Å². The van der Waals surface area contributed by atoms with Crippen molar-refractivity contribution in [2.75, 3.05) is 11.9 Å². The molecule has 0 atom stereocenters. The predicted octanol–water partition coefficient (Wildman–Crippen LogP) is 4.35. The fourth-order valence-corrected chi connectivity index (χ4v) is 5.04. The minimum Gasteiger partial charge on any atom is -0.323 e. The van der Waals surface area contributed by atoms with E-state index < -0.39 is 17.5 Å². The van der Waals surface area contributed by atoms with Crippen LogP contribution in [0.15, 0.2) is 29.6 Å². The lowest BCUT2D eigenvalue weighted by atomic mass is 9.82. The highest BCUT2D eigenvalue weighted by atomic mass is 32.1. The molecule has 2 heterocycles. The van der Waals surface area contributed by atoms with Crippen molar-refractivity contribution in [2.45, 2.75) is 63.8 Å². The maximum atomic E-state index is 12.8. The molecule has 1 saturated heterocycles. The van der Waals surface area contributed by atoms with Gasteiger partial charge in [-0.2, -0.15) is 0 Å². The van der Waals surface area contributed by atoms with Gasteiger partial charge in [0.15, 0.2) is 5.13 Å². The summed E-state index contributed by atoms with van der Waals surface area (Å²) in [6, 6.07) is 7.83. The lowest BCUT2D eigenvalue weighted by molar-refractivity contribution is -0.134. The van der Waals surface area contributed by atoms with Gasteiger partial charge in [0, 0.05) is 10.9 Å². The van der Waals surface area contributed by atoms with Crippen molar-refractivity contribution in [3.8, 4) is 11.3 Å². The third-order valence-corrected chi connectivity index (χ3v) is 6.83. The number of amides is 4. The number of aryl methyl sites for hydroxylation is 1. The van der Waals surface area contributed by atoms with Crippen molar-refractivity contribution in [2.24, 2.45) is 0 Å². The molecule has 8 heteroatoms. The molecule has 1 aromatic carbocycles. The number of carbonyl (C=O) groups is 3. The van der Waals surface area contributed by atoms with Gasteiger partial charge in [0.05, 0.1) is 5.69 Å². The number of unbranched alkanes of at least 4 members (excludes halogenated alkanes) is 1. The van der Waals surface area contributed by atoms with E-state index in [-0.39, 0.29) is 12.5 Å². The van der Waals surface area contributed by atoms with Crippen molar-refractivity contribution in [3.05, 3.63) is 35.2 Å². The topological polar surface area (TPSA) is 91.4 Å². The molecule has 4 amide bonds. The number of urea groups is 1. The summed E-state index contributed by atoms with van der Waals surface area (Å²) in [5.74, 6) is -0.706. The zero-order chi connectivity index (χ0) is 21.8. The highest BCUT2D eigenvalue weighted by Crippen LogP contribution is 2.33. The molecule has 1 aliphatic carbocycles. The molecule has 4 rings (SSSR count). The Bertz CT molecular complexity index is 963. The molecule has 1 aromatic heterocycles. The normalized spacial score (nSPS) is 17.8. The van der Waals surface area contributed by atoms with Crippen LogP contribution in [-0.2, 0) is 16.0 Å². The molecule has 164 valence electrons. The van der Waals surface area contributed by atoms with Gasteiger partial charge in [0.25, 0.3) is 5.91 Å². The van der Waals surface area contributed by atoms with Gasteiger partial charge < -0.3 is 10.6 Å². The summed E-state index contributed by atoms with van der Waals surface area (Å²) >= 11 is 1.32. The van der Waals surface area contributed by atoms with E-state index in [0.29, 0.717) is 18.0 Å². The van der Waals surface area contributed by atoms with E-state index in [4.69, 9.17) is 0 Å². The summed E-state index contributed by atoms with van der Waals surface area (Å²) in [6.07, 6.45) is 7.58. The number of rotatable bonds is 7. The third kappa shape index (κ3) is 4.63. The number of thiazole rings is 1. The molecule has 1 saturated carbocycles. The van der Waals surface area contributed by atoms with Gasteiger partial charge in [0.2, 0.25) is 5.91 Å². The number of hydrogen-bond donors (Lipinski definition) is 2. The minimum absolute atomic E-state index is 0.282. The number of carbonyl (C=O) groups excluding carboxylic acids is 3. The van der Waals surface area contributed by atoms with Crippen LogP contribution in [0.4, 0.5) is 9.93 Å². The first-order valence-corrected chi connectivity index (χ1v) is 11.9. The predicted molar refractivity (Wildman–Crippen MR) is 121 cm³/mol. The van der Waals surface area contributed by atoms with Gasteiger partial charge in [-0.15, -0.1) is 11.3 Å². The number of imide groups is 1. The Balaban J connectivity index is 1.36. The van der Waals surface area contributed by atoms with Crippen molar-refractivity contribution in [1.29, 1.82) is 0 Å². The van der Waals surface area contributed by atoms with Crippen LogP contribution in [0.1, 0.15) is 57.4 Å². The first-order valence-electron chi connectivity index (χ1n) is 11.0. The zero-order valence-corrected chi connectivity index (χ0v) is 18.6.